The van der Waals surface area contributed by atoms with Gasteiger partial charge in [0.25, 0.3) is 0 Å². The van der Waals surface area contributed by atoms with E-state index in [1.807, 2.05) is 30.3 Å². The molecule has 2 aromatic rings. The first-order chi connectivity index (χ1) is 11.3. The van der Waals surface area contributed by atoms with E-state index in [1.165, 1.54) is 5.56 Å². The van der Waals surface area contributed by atoms with Crippen molar-refractivity contribution in [2.24, 2.45) is 0 Å². The Balaban J connectivity index is 2.14. The number of thiocarbonyl (C=S) groups is 1. The van der Waals surface area contributed by atoms with Gasteiger partial charge in [-0.1, -0.05) is 26.8 Å². The van der Waals surface area contributed by atoms with Crippen LogP contribution in [0.25, 0.3) is 0 Å². The van der Waals surface area contributed by atoms with Gasteiger partial charge in [-0.15, -0.1) is 0 Å². The smallest absolute Gasteiger partial charge is 0.175 e. The summed E-state index contributed by atoms with van der Waals surface area (Å²) in [6.45, 7) is 6.52. The van der Waals surface area contributed by atoms with E-state index >= 15 is 0 Å². The molecule has 0 saturated carbocycles. The van der Waals surface area contributed by atoms with E-state index < -0.39 is 0 Å². The molecule has 24 heavy (non-hydrogen) atoms. The molecule has 0 amide bonds. The highest BCUT2D eigenvalue weighted by atomic mass is 32.1. The molecule has 128 valence electrons. The van der Waals surface area contributed by atoms with Crippen molar-refractivity contribution in [1.29, 1.82) is 0 Å². The summed E-state index contributed by atoms with van der Waals surface area (Å²) in [6.07, 6.45) is 0. The summed E-state index contributed by atoms with van der Waals surface area (Å²) >= 11 is 5.41. The number of benzene rings is 2. The lowest BCUT2D eigenvalue weighted by atomic mass is 9.87. The molecular formula is C19H24N2O2S. The van der Waals surface area contributed by atoms with Crippen LogP contribution in [-0.4, -0.2) is 19.3 Å². The summed E-state index contributed by atoms with van der Waals surface area (Å²) in [6, 6.07) is 13.7. The van der Waals surface area contributed by atoms with E-state index in [9.17, 15) is 0 Å². The topological polar surface area (TPSA) is 42.5 Å². The third kappa shape index (κ3) is 4.61. The summed E-state index contributed by atoms with van der Waals surface area (Å²) in [7, 11) is 3.29. The molecule has 4 nitrogen and oxygen atoms in total. The molecule has 0 saturated heterocycles. The second-order valence-electron chi connectivity index (χ2n) is 6.47. The van der Waals surface area contributed by atoms with Gasteiger partial charge in [-0.3, -0.25) is 0 Å². The predicted molar refractivity (Wildman–Crippen MR) is 105 cm³/mol. The summed E-state index contributed by atoms with van der Waals surface area (Å²) in [4.78, 5) is 0. The molecule has 0 aliphatic heterocycles. The maximum Gasteiger partial charge on any atom is 0.175 e. The zero-order valence-electron chi connectivity index (χ0n) is 14.8. The third-order valence-corrected chi connectivity index (χ3v) is 3.87. The number of rotatable bonds is 4. The van der Waals surface area contributed by atoms with Crippen LogP contribution in [-0.2, 0) is 5.41 Å². The van der Waals surface area contributed by atoms with Crippen molar-refractivity contribution < 1.29 is 9.47 Å². The normalized spacial score (nSPS) is 10.9. The largest absolute Gasteiger partial charge is 0.497 e. The Kier molecular flexibility index (Phi) is 5.67. The van der Waals surface area contributed by atoms with Gasteiger partial charge < -0.3 is 20.1 Å². The van der Waals surface area contributed by atoms with Crippen molar-refractivity contribution in [3.05, 3.63) is 48.0 Å². The Morgan fingerprint density at radius 2 is 1.58 bits per heavy atom. The molecule has 5 heteroatoms. The van der Waals surface area contributed by atoms with Gasteiger partial charge in [0.2, 0.25) is 0 Å². The standard InChI is InChI=1S/C19H24N2O2S/c1-19(2,3)13-6-11-17(23-5)16(12-13)21-18(24)20-14-7-9-15(22-4)10-8-14/h6-12H,1-5H3,(H2,20,21,24). The molecule has 0 spiro atoms. The minimum absolute atomic E-state index is 0.0493. The lowest BCUT2D eigenvalue weighted by molar-refractivity contribution is 0.415. The van der Waals surface area contributed by atoms with Crippen molar-refractivity contribution in [3.63, 3.8) is 0 Å². The van der Waals surface area contributed by atoms with E-state index in [4.69, 9.17) is 21.7 Å². The zero-order valence-corrected chi connectivity index (χ0v) is 15.6. The maximum atomic E-state index is 5.43. The first-order valence-corrected chi connectivity index (χ1v) is 8.15. The van der Waals surface area contributed by atoms with Crippen LogP contribution in [0.3, 0.4) is 0 Å². The Morgan fingerprint density at radius 3 is 2.12 bits per heavy atom. The fraction of sp³-hybridized carbons (Fsp3) is 0.316. The quantitative estimate of drug-likeness (QED) is 0.779. The number of nitrogens with one attached hydrogen (secondary N) is 2. The van der Waals surface area contributed by atoms with Crippen molar-refractivity contribution in [3.8, 4) is 11.5 Å². The number of anilines is 2. The van der Waals surface area contributed by atoms with Crippen molar-refractivity contribution in [2.75, 3.05) is 24.9 Å². The van der Waals surface area contributed by atoms with Crippen LogP contribution in [0.15, 0.2) is 42.5 Å². The number of methoxy groups -OCH3 is 2. The molecule has 0 aliphatic carbocycles. The van der Waals surface area contributed by atoms with Crippen molar-refractivity contribution in [2.45, 2.75) is 26.2 Å². The Morgan fingerprint density at radius 1 is 0.917 bits per heavy atom. The molecule has 2 aromatic carbocycles. The highest BCUT2D eigenvalue weighted by Gasteiger charge is 2.16. The van der Waals surface area contributed by atoms with E-state index in [0.29, 0.717) is 5.11 Å². The minimum atomic E-state index is 0.0493. The van der Waals surface area contributed by atoms with Gasteiger partial charge in [-0.05, 0) is 59.6 Å². The molecule has 0 aromatic heterocycles. The van der Waals surface area contributed by atoms with Crippen LogP contribution in [0.4, 0.5) is 11.4 Å². The van der Waals surface area contributed by atoms with Gasteiger partial charge in [0, 0.05) is 5.69 Å². The van der Waals surface area contributed by atoms with Crippen LogP contribution in [0, 0.1) is 0 Å². The first kappa shape index (κ1) is 18.1. The highest BCUT2D eigenvalue weighted by Crippen LogP contribution is 2.31. The van der Waals surface area contributed by atoms with Crippen molar-refractivity contribution >= 4 is 28.7 Å². The summed E-state index contributed by atoms with van der Waals surface area (Å²) in [5.41, 5.74) is 2.99. The molecular weight excluding hydrogens is 320 g/mol. The van der Waals surface area contributed by atoms with Gasteiger partial charge in [0.1, 0.15) is 11.5 Å². The third-order valence-electron chi connectivity index (χ3n) is 3.66. The lowest BCUT2D eigenvalue weighted by Crippen LogP contribution is -2.20. The van der Waals surface area contributed by atoms with E-state index in [2.05, 4.69) is 43.5 Å². The molecule has 2 N–H and O–H groups in total. The van der Waals surface area contributed by atoms with Gasteiger partial charge in [0.15, 0.2) is 5.11 Å². The number of hydrogen-bond acceptors (Lipinski definition) is 3. The first-order valence-electron chi connectivity index (χ1n) is 7.74. The van der Waals surface area contributed by atoms with E-state index in [0.717, 1.165) is 22.9 Å². The van der Waals surface area contributed by atoms with Gasteiger partial charge in [0.05, 0.1) is 19.9 Å². The summed E-state index contributed by atoms with van der Waals surface area (Å²) in [5, 5.41) is 6.88. The number of ether oxygens (including phenoxy) is 2. The van der Waals surface area contributed by atoms with Crippen LogP contribution in [0.2, 0.25) is 0 Å². The van der Waals surface area contributed by atoms with Crippen LogP contribution >= 0.6 is 12.2 Å². The van der Waals surface area contributed by atoms with Crippen molar-refractivity contribution in [1.82, 2.24) is 0 Å². The van der Waals surface area contributed by atoms with Gasteiger partial charge >= 0.3 is 0 Å². The lowest BCUT2D eigenvalue weighted by Gasteiger charge is -2.22. The Labute approximate surface area is 149 Å². The summed E-state index contributed by atoms with van der Waals surface area (Å²) < 4.78 is 10.6. The van der Waals surface area contributed by atoms with Crippen LogP contribution in [0.5, 0.6) is 11.5 Å². The zero-order chi connectivity index (χ0) is 17.7. The van der Waals surface area contributed by atoms with Crippen LogP contribution < -0.4 is 20.1 Å². The second-order valence-corrected chi connectivity index (χ2v) is 6.88. The second kappa shape index (κ2) is 7.53. The molecule has 0 heterocycles. The van der Waals surface area contributed by atoms with Gasteiger partial charge in [-0.2, -0.15) is 0 Å². The molecule has 0 atom stereocenters. The highest BCUT2D eigenvalue weighted by molar-refractivity contribution is 7.80. The monoisotopic (exact) mass is 344 g/mol. The Hall–Kier alpha value is -2.27. The molecule has 0 bridgehead atoms. The molecule has 2 rings (SSSR count). The van der Waals surface area contributed by atoms with E-state index in [-0.39, 0.29) is 5.41 Å². The van der Waals surface area contributed by atoms with E-state index in [1.54, 1.807) is 14.2 Å². The number of hydrogen-bond donors (Lipinski definition) is 2. The molecule has 0 unspecified atom stereocenters. The maximum absolute atomic E-state index is 5.43. The Bertz CT molecular complexity index is 706. The predicted octanol–water partition coefficient (Wildman–Crippen LogP) is 4.81. The minimum Gasteiger partial charge on any atom is -0.497 e. The average Bonchev–Trinajstić information content (AvgIpc) is 2.54. The average molecular weight is 344 g/mol. The van der Waals surface area contributed by atoms with Gasteiger partial charge in [-0.25, -0.2) is 0 Å². The summed E-state index contributed by atoms with van der Waals surface area (Å²) in [5.74, 6) is 1.56. The van der Waals surface area contributed by atoms with Crippen LogP contribution in [0.1, 0.15) is 26.3 Å². The molecule has 0 aliphatic rings. The SMILES string of the molecule is COc1ccc(NC(=S)Nc2cc(C(C)(C)C)ccc2OC)cc1. The molecule has 0 fully saturated rings. The fourth-order valence-corrected chi connectivity index (χ4v) is 2.46. The molecule has 0 radical (unpaired) electrons. The fourth-order valence-electron chi connectivity index (χ4n) is 2.23.